The quantitative estimate of drug-likeness (QED) is 0.295. The van der Waals surface area contributed by atoms with E-state index in [1.807, 2.05) is 0 Å². The Bertz CT molecular complexity index is 658. The maximum absolute atomic E-state index is 11.8. The average Bonchev–Trinajstić information content (AvgIpc) is 2.47. The van der Waals surface area contributed by atoms with Gasteiger partial charge in [-0.3, -0.25) is 5.43 Å². The third kappa shape index (κ3) is 4.60. The van der Waals surface area contributed by atoms with Crippen molar-refractivity contribution < 1.29 is 19.6 Å². The Hall–Kier alpha value is -2.88. The second kappa shape index (κ2) is 7.79. The van der Waals surface area contributed by atoms with Gasteiger partial charge in [0, 0.05) is 5.46 Å². The molecular weight excluding hydrogens is 287 g/mol. The number of hydrogen-bond donors (Lipinski definition) is 3. The smallest absolute Gasteiger partial charge is 0.459 e. The number of nitrogens with zero attached hydrogens (tertiary/aromatic N) is 3. The molecule has 0 saturated heterocycles. The number of nitrogens with one attached hydrogen (secondary N) is 1. The molecule has 0 aliphatic carbocycles. The Balaban J connectivity index is 3.17. The van der Waals surface area contributed by atoms with E-state index in [0.717, 1.165) is 0 Å². The first-order valence-corrected chi connectivity index (χ1v) is 6.24. The van der Waals surface area contributed by atoms with Crippen LogP contribution in [0.5, 0.6) is 0 Å². The van der Waals surface area contributed by atoms with Crippen LogP contribution >= 0.6 is 0 Å². The molecule has 9 heteroatoms. The Morgan fingerprint density at radius 1 is 1.36 bits per heavy atom. The van der Waals surface area contributed by atoms with E-state index >= 15 is 0 Å². The van der Waals surface area contributed by atoms with Gasteiger partial charge in [0.25, 0.3) is 0 Å². The van der Waals surface area contributed by atoms with Crippen LogP contribution in [-0.4, -0.2) is 35.0 Å². The normalized spacial score (nSPS) is 9.41. The maximum Gasteiger partial charge on any atom is 0.490 e. The monoisotopic (exact) mass is 300 g/mol. The summed E-state index contributed by atoms with van der Waals surface area (Å²) in [7, 11) is -1.82. The third-order valence-electron chi connectivity index (χ3n) is 2.41. The SMILES string of the molecule is CC(C)OC(=O)c1ccc(B(O)O)c(NN=C(C#N)C#N)c1. The summed E-state index contributed by atoms with van der Waals surface area (Å²) in [5, 5.41) is 39.3. The molecule has 0 aliphatic heterocycles. The number of carbonyl (C=O) groups is 1. The molecule has 8 nitrogen and oxygen atoms in total. The van der Waals surface area contributed by atoms with Gasteiger partial charge in [0.05, 0.1) is 17.4 Å². The molecule has 0 spiro atoms. The highest BCUT2D eigenvalue weighted by Gasteiger charge is 2.19. The van der Waals surface area contributed by atoms with E-state index in [2.05, 4.69) is 10.5 Å². The number of benzene rings is 1. The lowest BCUT2D eigenvalue weighted by Crippen LogP contribution is -2.32. The lowest BCUT2D eigenvalue weighted by Gasteiger charge is -2.12. The van der Waals surface area contributed by atoms with Crippen molar-refractivity contribution in [3.05, 3.63) is 23.8 Å². The van der Waals surface area contributed by atoms with E-state index in [1.54, 1.807) is 26.0 Å². The molecule has 0 bridgehead atoms. The Kier molecular flexibility index (Phi) is 6.08. The Labute approximate surface area is 127 Å². The minimum absolute atomic E-state index is 0.0278. The molecule has 0 unspecified atom stereocenters. The molecule has 3 N–H and O–H groups in total. The molecule has 0 heterocycles. The van der Waals surface area contributed by atoms with E-state index in [0.29, 0.717) is 0 Å². The molecule has 0 radical (unpaired) electrons. The van der Waals surface area contributed by atoms with Crippen LogP contribution in [0.15, 0.2) is 23.3 Å². The first kappa shape index (κ1) is 17.2. The highest BCUT2D eigenvalue weighted by atomic mass is 16.5. The van der Waals surface area contributed by atoms with Crippen LogP contribution in [0.25, 0.3) is 0 Å². The van der Waals surface area contributed by atoms with Gasteiger partial charge in [0.2, 0.25) is 5.71 Å². The van der Waals surface area contributed by atoms with Crippen LogP contribution in [0.3, 0.4) is 0 Å². The summed E-state index contributed by atoms with van der Waals surface area (Å²) in [6.07, 6.45) is -0.311. The highest BCUT2D eigenvalue weighted by Crippen LogP contribution is 2.11. The van der Waals surface area contributed by atoms with Gasteiger partial charge in [-0.25, -0.2) is 4.79 Å². The molecule has 112 valence electrons. The summed E-state index contributed by atoms with van der Waals surface area (Å²) in [6.45, 7) is 3.39. The summed E-state index contributed by atoms with van der Waals surface area (Å²) < 4.78 is 5.03. The second-order valence-corrected chi connectivity index (χ2v) is 4.43. The van der Waals surface area contributed by atoms with Crippen molar-refractivity contribution in [2.45, 2.75) is 20.0 Å². The number of hydrogen-bond acceptors (Lipinski definition) is 8. The topological polar surface area (TPSA) is 139 Å². The van der Waals surface area contributed by atoms with Gasteiger partial charge < -0.3 is 14.8 Å². The minimum atomic E-state index is -1.82. The summed E-state index contributed by atoms with van der Waals surface area (Å²) >= 11 is 0. The zero-order chi connectivity index (χ0) is 16.7. The fourth-order valence-corrected chi connectivity index (χ4v) is 1.48. The number of nitriles is 2. The van der Waals surface area contributed by atoms with E-state index in [4.69, 9.17) is 15.3 Å². The van der Waals surface area contributed by atoms with Crippen molar-refractivity contribution in [2.24, 2.45) is 5.10 Å². The molecule has 0 aliphatic rings. The number of ether oxygens (including phenoxy) is 1. The highest BCUT2D eigenvalue weighted by molar-refractivity contribution is 6.60. The Morgan fingerprint density at radius 2 is 2.00 bits per heavy atom. The second-order valence-electron chi connectivity index (χ2n) is 4.43. The molecule has 0 amide bonds. The van der Waals surface area contributed by atoms with E-state index in [9.17, 15) is 14.8 Å². The van der Waals surface area contributed by atoms with E-state index in [-0.39, 0.29) is 22.8 Å². The number of anilines is 1. The molecule has 1 aromatic rings. The number of hydrazone groups is 1. The van der Waals surface area contributed by atoms with Crippen LogP contribution in [0.1, 0.15) is 24.2 Å². The molecule has 1 rings (SSSR count). The van der Waals surface area contributed by atoms with E-state index < -0.39 is 18.8 Å². The maximum atomic E-state index is 11.8. The summed E-state index contributed by atoms with van der Waals surface area (Å²) in [5.41, 5.74) is 2.16. The van der Waals surface area contributed by atoms with Crippen LogP contribution in [0, 0.1) is 22.7 Å². The van der Waals surface area contributed by atoms with Gasteiger partial charge in [-0.15, -0.1) is 0 Å². The van der Waals surface area contributed by atoms with Gasteiger partial charge in [-0.05, 0) is 26.0 Å². The van der Waals surface area contributed by atoms with E-state index in [1.165, 1.54) is 18.2 Å². The Morgan fingerprint density at radius 3 is 2.50 bits per heavy atom. The molecule has 1 aromatic carbocycles. The van der Waals surface area contributed by atoms with Gasteiger partial charge in [0.1, 0.15) is 12.1 Å². The molecule has 0 saturated carbocycles. The minimum Gasteiger partial charge on any atom is -0.459 e. The predicted octanol–water partition coefficient (Wildman–Crippen LogP) is -0.253. The fraction of sp³-hybridized carbons (Fsp3) is 0.231. The first-order chi connectivity index (χ1) is 10.4. The summed E-state index contributed by atoms with van der Waals surface area (Å²) in [5.74, 6) is -0.596. The molecule has 0 atom stereocenters. The largest absolute Gasteiger partial charge is 0.490 e. The molecule has 0 aromatic heterocycles. The fourth-order valence-electron chi connectivity index (χ4n) is 1.48. The van der Waals surface area contributed by atoms with Crippen LogP contribution < -0.4 is 10.9 Å². The van der Waals surface area contributed by atoms with Crippen molar-refractivity contribution in [3.63, 3.8) is 0 Å². The number of rotatable bonds is 5. The lowest BCUT2D eigenvalue weighted by atomic mass is 9.78. The van der Waals surface area contributed by atoms with Gasteiger partial charge in [-0.1, -0.05) is 6.07 Å². The van der Waals surface area contributed by atoms with Crippen LogP contribution in [0.4, 0.5) is 5.69 Å². The van der Waals surface area contributed by atoms with Crippen molar-refractivity contribution in [1.29, 1.82) is 10.5 Å². The standard InChI is InChI=1S/C13H13BN4O4/c1-8(2)22-13(19)9-3-4-11(14(20)21)12(5-9)18-17-10(6-15)7-16/h3-5,8,18,20-21H,1-2H3. The first-order valence-electron chi connectivity index (χ1n) is 6.24. The lowest BCUT2D eigenvalue weighted by molar-refractivity contribution is 0.0378. The van der Waals surface area contributed by atoms with Crippen molar-refractivity contribution in [3.8, 4) is 12.1 Å². The van der Waals surface area contributed by atoms with Crippen LogP contribution in [-0.2, 0) is 4.74 Å². The van der Waals surface area contributed by atoms with Gasteiger partial charge in [-0.2, -0.15) is 15.6 Å². The molecule has 22 heavy (non-hydrogen) atoms. The van der Waals surface area contributed by atoms with Gasteiger partial charge in [0.15, 0.2) is 0 Å². The number of esters is 1. The third-order valence-corrected chi connectivity index (χ3v) is 2.41. The average molecular weight is 300 g/mol. The summed E-state index contributed by atoms with van der Waals surface area (Å²) in [6, 6.07) is 7.04. The zero-order valence-corrected chi connectivity index (χ0v) is 11.9. The predicted molar refractivity (Wildman–Crippen MR) is 79.1 cm³/mol. The van der Waals surface area contributed by atoms with Crippen LogP contribution in [0.2, 0.25) is 0 Å². The molecule has 0 fully saturated rings. The molecular formula is C13H13BN4O4. The summed E-state index contributed by atoms with van der Waals surface area (Å²) in [4.78, 5) is 11.8. The van der Waals surface area contributed by atoms with Gasteiger partial charge >= 0.3 is 13.1 Å². The zero-order valence-electron chi connectivity index (χ0n) is 11.9. The van der Waals surface area contributed by atoms with Crippen molar-refractivity contribution >= 4 is 29.9 Å². The van der Waals surface area contributed by atoms with Crippen molar-refractivity contribution in [1.82, 2.24) is 0 Å². The number of carbonyl (C=O) groups excluding carboxylic acids is 1. The van der Waals surface area contributed by atoms with Crippen molar-refractivity contribution in [2.75, 3.05) is 5.43 Å².